The molecule has 0 amide bonds. The number of hydrogen-bond acceptors (Lipinski definition) is 5. The maximum absolute atomic E-state index is 10.9. The topological polar surface area (TPSA) is 97.7 Å². The zero-order chi connectivity index (χ0) is 10.5. The number of ether oxygens (including phenoxy) is 1. The van der Waals surface area contributed by atoms with Crippen LogP contribution in [0.2, 0.25) is 0 Å². The summed E-state index contributed by atoms with van der Waals surface area (Å²) in [5, 5.41) is 8.17. The summed E-state index contributed by atoms with van der Waals surface area (Å²) in [4.78, 5) is 20.2. The van der Waals surface area contributed by atoms with Crippen LogP contribution in [0, 0.1) is 0 Å². The molecule has 0 saturated heterocycles. The molecule has 0 aliphatic heterocycles. The maximum Gasteiger partial charge on any atom is 0.318 e. The van der Waals surface area contributed by atoms with E-state index in [9.17, 15) is 18.0 Å². The lowest BCUT2D eigenvalue weighted by atomic mass is 10.8. The molecule has 0 bridgehead atoms. The summed E-state index contributed by atoms with van der Waals surface area (Å²) in [5.74, 6) is -3.40. The molecule has 0 spiro atoms. The molecule has 0 saturated carbocycles. The molecule has 0 aliphatic carbocycles. The largest absolute Gasteiger partial charge is 0.480 e. The second-order valence-electron chi connectivity index (χ2n) is 2.33. The van der Waals surface area contributed by atoms with Gasteiger partial charge in [0.15, 0.2) is 9.84 Å². The SMILES string of the molecule is CC(=O)OCCS(=O)(=O)CC(=O)O. The van der Waals surface area contributed by atoms with Crippen LogP contribution in [0.1, 0.15) is 6.92 Å². The van der Waals surface area contributed by atoms with E-state index in [-0.39, 0.29) is 6.61 Å². The van der Waals surface area contributed by atoms with Crippen LogP contribution < -0.4 is 0 Å². The molecule has 0 fully saturated rings. The Morgan fingerprint density at radius 3 is 2.31 bits per heavy atom. The highest BCUT2D eigenvalue weighted by atomic mass is 32.2. The first kappa shape index (κ1) is 11.9. The highest BCUT2D eigenvalue weighted by molar-refractivity contribution is 7.92. The number of carboxylic acid groups (broad SMARTS) is 1. The van der Waals surface area contributed by atoms with E-state index >= 15 is 0 Å². The number of rotatable bonds is 5. The van der Waals surface area contributed by atoms with Crippen molar-refractivity contribution in [2.24, 2.45) is 0 Å². The van der Waals surface area contributed by atoms with Crippen LogP contribution in [0.5, 0.6) is 0 Å². The summed E-state index contributed by atoms with van der Waals surface area (Å²) in [6.45, 7) is 0.842. The lowest BCUT2D eigenvalue weighted by Gasteiger charge is -2.01. The molecule has 0 aliphatic rings. The highest BCUT2D eigenvalue weighted by Gasteiger charge is 2.15. The van der Waals surface area contributed by atoms with Crippen LogP contribution in [-0.4, -0.2) is 43.6 Å². The first-order valence-corrected chi connectivity index (χ1v) is 5.21. The Hall–Kier alpha value is -1.11. The Labute approximate surface area is 75.4 Å². The van der Waals surface area contributed by atoms with Crippen molar-refractivity contribution >= 4 is 21.8 Å². The average molecular weight is 210 g/mol. The second kappa shape index (κ2) is 4.80. The molecule has 0 atom stereocenters. The van der Waals surface area contributed by atoms with Gasteiger partial charge in [-0.2, -0.15) is 0 Å². The summed E-state index contributed by atoms with van der Waals surface area (Å²) in [7, 11) is -3.65. The zero-order valence-electron chi connectivity index (χ0n) is 7.02. The van der Waals surface area contributed by atoms with Crippen LogP contribution >= 0.6 is 0 Å². The van der Waals surface area contributed by atoms with Gasteiger partial charge in [0, 0.05) is 6.92 Å². The predicted octanol–water partition coefficient (Wildman–Crippen LogP) is -0.951. The molecule has 0 aromatic heterocycles. The number of carbonyl (C=O) groups excluding carboxylic acids is 1. The smallest absolute Gasteiger partial charge is 0.318 e. The third-order valence-electron chi connectivity index (χ3n) is 1.04. The molecular weight excluding hydrogens is 200 g/mol. The summed E-state index contributed by atoms with van der Waals surface area (Å²) in [5.41, 5.74) is 0. The molecule has 1 N–H and O–H groups in total. The number of carbonyl (C=O) groups is 2. The van der Waals surface area contributed by atoms with Crippen LogP contribution in [-0.2, 0) is 24.2 Å². The Balaban J connectivity index is 3.91. The fourth-order valence-corrected chi connectivity index (χ4v) is 1.43. The molecule has 0 aromatic carbocycles. The minimum absolute atomic E-state index is 0.301. The van der Waals surface area contributed by atoms with Crippen LogP contribution in [0.15, 0.2) is 0 Å². The fourth-order valence-electron chi connectivity index (χ4n) is 0.573. The van der Waals surface area contributed by atoms with Gasteiger partial charge >= 0.3 is 11.9 Å². The molecule has 76 valence electrons. The molecule has 0 radical (unpaired) electrons. The Morgan fingerprint density at radius 2 is 1.92 bits per heavy atom. The third kappa shape index (κ3) is 7.26. The van der Waals surface area contributed by atoms with Gasteiger partial charge in [-0.3, -0.25) is 9.59 Å². The Bertz CT molecular complexity index is 290. The highest BCUT2D eigenvalue weighted by Crippen LogP contribution is 1.91. The summed E-state index contributed by atoms with van der Waals surface area (Å²) in [6, 6.07) is 0. The van der Waals surface area contributed by atoms with Gasteiger partial charge in [0.25, 0.3) is 0 Å². The van der Waals surface area contributed by atoms with Crippen molar-refractivity contribution in [2.45, 2.75) is 6.92 Å². The molecule has 0 unspecified atom stereocenters. The van der Waals surface area contributed by atoms with E-state index in [1.54, 1.807) is 0 Å². The molecule has 0 rings (SSSR count). The van der Waals surface area contributed by atoms with Crippen molar-refractivity contribution in [3.63, 3.8) is 0 Å². The molecule has 0 aromatic rings. The van der Waals surface area contributed by atoms with Gasteiger partial charge in [-0.05, 0) is 0 Å². The van der Waals surface area contributed by atoms with E-state index < -0.39 is 33.3 Å². The van der Waals surface area contributed by atoms with Gasteiger partial charge in [0.05, 0.1) is 5.75 Å². The first-order valence-electron chi connectivity index (χ1n) is 3.39. The van der Waals surface area contributed by atoms with Gasteiger partial charge in [0.1, 0.15) is 12.4 Å². The van der Waals surface area contributed by atoms with Crippen molar-refractivity contribution < 1.29 is 27.9 Å². The van der Waals surface area contributed by atoms with Gasteiger partial charge < -0.3 is 9.84 Å². The van der Waals surface area contributed by atoms with Crippen LogP contribution in [0.4, 0.5) is 0 Å². The van der Waals surface area contributed by atoms with Crippen LogP contribution in [0.3, 0.4) is 0 Å². The van der Waals surface area contributed by atoms with Crippen molar-refractivity contribution in [2.75, 3.05) is 18.1 Å². The second-order valence-corrected chi connectivity index (χ2v) is 4.51. The van der Waals surface area contributed by atoms with E-state index in [1.807, 2.05) is 0 Å². The van der Waals surface area contributed by atoms with Crippen molar-refractivity contribution in [1.82, 2.24) is 0 Å². The van der Waals surface area contributed by atoms with Gasteiger partial charge in [-0.1, -0.05) is 0 Å². The lowest BCUT2D eigenvalue weighted by molar-refractivity contribution is -0.140. The van der Waals surface area contributed by atoms with E-state index in [1.165, 1.54) is 0 Å². The fraction of sp³-hybridized carbons (Fsp3) is 0.667. The summed E-state index contributed by atoms with van der Waals surface area (Å²) in [6.07, 6.45) is 0. The van der Waals surface area contributed by atoms with Gasteiger partial charge in [-0.25, -0.2) is 8.42 Å². The predicted molar refractivity (Wildman–Crippen MR) is 42.9 cm³/mol. The van der Waals surface area contributed by atoms with Crippen molar-refractivity contribution in [3.8, 4) is 0 Å². The quantitative estimate of drug-likeness (QED) is 0.587. The number of sulfone groups is 1. The number of aliphatic carboxylic acids is 1. The zero-order valence-corrected chi connectivity index (χ0v) is 7.83. The maximum atomic E-state index is 10.9. The Morgan fingerprint density at radius 1 is 1.38 bits per heavy atom. The minimum atomic E-state index is -3.65. The normalized spacial score (nSPS) is 10.8. The van der Waals surface area contributed by atoms with E-state index in [0.717, 1.165) is 6.92 Å². The lowest BCUT2D eigenvalue weighted by Crippen LogP contribution is -2.21. The van der Waals surface area contributed by atoms with Crippen molar-refractivity contribution in [3.05, 3.63) is 0 Å². The molecule has 13 heavy (non-hydrogen) atoms. The standard InChI is InChI=1S/C6H10O6S/c1-5(7)12-2-3-13(10,11)4-6(8)9/h2-4H2,1H3,(H,8,9). The molecule has 7 heteroatoms. The van der Waals surface area contributed by atoms with Gasteiger partial charge in [-0.15, -0.1) is 0 Å². The minimum Gasteiger partial charge on any atom is -0.480 e. The number of esters is 1. The number of hydrogen-bond donors (Lipinski definition) is 1. The molecule has 6 nitrogen and oxygen atoms in total. The summed E-state index contributed by atoms with van der Waals surface area (Å²) >= 11 is 0. The van der Waals surface area contributed by atoms with Gasteiger partial charge in [0.2, 0.25) is 0 Å². The van der Waals surface area contributed by atoms with E-state index in [4.69, 9.17) is 5.11 Å². The molecular formula is C6H10O6S. The summed E-state index contributed by atoms with van der Waals surface area (Å²) < 4.78 is 26.0. The number of carboxylic acids is 1. The van der Waals surface area contributed by atoms with Crippen molar-refractivity contribution in [1.29, 1.82) is 0 Å². The van der Waals surface area contributed by atoms with E-state index in [2.05, 4.69) is 4.74 Å². The average Bonchev–Trinajstić information content (AvgIpc) is 1.81. The monoisotopic (exact) mass is 210 g/mol. The molecule has 0 heterocycles. The Kier molecular flexibility index (Phi) is 4.39. The van der Waals surface area contributed by atoms with Crippen LogP contribution in [0.25, 0.3) is 0 Å². The van der Waals surface area contributed by atoms with E-state index in [0.29, 0.717) is 0 Å². The first-order chi connectivity index (χ1) is 5.83. The third-order valence-corrected chi connectivity index (χ3v) is 2.52.